The van der Waals surface area contributed by atoms with Gasteiger partial charge in [0.2, 0.25) is 11.8 Å². The van der Waals surface area contributed by atoms with Gasteiger partial charge in [-0.2, -0.15) is 0 Å². The topological polar surface area (TPSA) is 148 Å². The highest BCUT2D eigenvalue weighted by atomic mass is 16.5. The van der Waals surface area contributed by atoms with Gasteiger partial charge in [-0.3, -0.25) is 33.7 Å². The number of amides is 4. The van der Waals surface area contributed by atoms with Gasteiger partial charge in [0.15, 0.2) is 5.78 Å². The van der Waals surface area contributed by atoms with Crippen LogP contribution in [0.4, 0.5) is 5.69 Å². The molecule has 0 radical (unpaired) electrons. The highest BCUT2D eigenvalue weighted by molar-refractivity contribution is 6.12. The van der Waals surface area contributed by atoms with Gasteiger partial charge in [-0.05, 0) is 82.1 Å². The maximum Gasteiger partial charge on any atom is 0.311 e. The number of benzene rings is 1. The first-order chi connectivity index (χ1) is 22.6. The Labute approximate surface area is 285 Å². The number of hydrogen-bond donors (Lipinski definition) is 2. The number of rotatable bonds is 21. The molecule has 1 aliphatic rings. The molecule has 0 spiro atoms. The van der Waals surface area contributed by atoms with E-state index in [1.807, 2.05) is 26.0 Å². The third-order valence-corrected chi connectivity index (χ3v) is 8.00. The first kappa shape index (κ1) is 40.3. The van der Waals surface area contributed by atoms with Gasteiger partial charge in [0, 0.05) is 56.4 Å². The summed E-state index contributed by atoms with van der Waals surface area (Å²) in [6.45, 7) is 14.6. The first-order valence-electron chi connectivity index (χ1n) is 17.2. The molecule has 266 valence electrons. The second-order valence-electron chi connectivity index (χ2n) is 13.8. The standard InChI is InChI=1S/C37H55N3O8/c1-8-20-47-21-12-13-27-23-29(16-15-28(27)24-48-36(46)37(5,6)7)38-35(45)26(4)22-30(41)34(25(2)3)39-31(42)14-10-9-11-19-40-32(43)17-18-33(40)44/h15-18,23,25-26,34H,8-14,19-22,24H2,1-7H3,(H,38,45)(H,39,42)/t26-,34+/m1/s1. The molecular weight excluding hydrogens is 614 g/mol. The fourth-order valence-corrected chi connectivity index (χ4v) is 5.08. The molecule has 0 fully saturated rings. The lowest BCUT2D eigenvalue weighted by Crippen LogP contribution is -2.45. The van der Waals surface area contributed by atoms with Crippen molar-refractivity contribution in [2.24, 2.45) is 17.3 Å². The Morgan fingerprint density at radius 2 is 1.58 bits per heavy atom. The zero-order valence-corrected chi connectivity index (χ0v) is 29.8. The van der Waals surface area contributed by atoms with E-state index in [1.165, 1.54) is 17.1 Å². The molecule has 0 aliphatic carbocycles. The first-order valence-corrected chi connectivity index (χ1v) is 17.2. The Balaban J connectivity index is 1.92. The molecule has 11 heteroatoms. The van der Waals surface area contributed by atoms with Gasteiger partial charge in [0.05, 0.1) is 11.5 Å². The van der Waals surface area contributed by atoms with Crippen LogP contribution in [0.2, 0.25) is 0 Å². The van der Waals surface area contributed by atoms with Crippen LogP contribution in [0.1, 0.15) is 105 Å². The van der Waals surface area contributed by atoms with Crippen molar-refractivity contribution in [2.75, 3.05) is 25.1 Å². The average molecular weight is 670 g/mol. The normalized spacial score (nSPS) is 14.3. The maximum absolute atomic E-state index is 13.2. The third kappa shape index (κ3) is 13.7. The molecule has 1 aliphatic heterocycles. The molecule has 2 N–H and O–H groups in total. The van der Waals surface area contributed by atoms with E-state index in [2.05, 4.69) is 17.6 Å². The van der Waals surface area contributed by atoms with Crippen molar-refractivity contribution in [3.63, 3.8) is 0 Å². The highest BCUT2D eigenvalue weighted by Gasteiger charge is 2.28. The van der Waals surface area contributed by atoms with E-state index in [-0.39, 0.29) is 60.7 Å². The maximum atomic E-state index is 13.2. The van der Waals surface area contributed by atoms with Gasteiger partial charge < -0.3 is 20.1 Å². The molecule has 48 heavy (non-hydrogen) atoms. The molecule has 0 bridgehead atoms. The van der Waals surface area contributed by atoms with Gasteiger partial charge in [-0.1, -0.05) is 40.2 Å². The number of ketones is 1. The Morgan fingerprint density at radius 3 is 2.21 bits per heavy atom. The Kier molecular flexibility index (Phi) is 16.7. The Hall–Kier alpha value is -3.86. The average Bonchev–Trinajstić information content (AvgIpc) is 3.34. The summed E-state index contributed by atoms with van der Waals surface area (Å²) in [4.78, 5) is 75.9. The minimum atomic E-state index is -0.727. The van der Waals surface area contributed by atoms with E-state index < -0.39 is 17.4 Å². The van der Waals surface area contributed by atoms with Crippen molar-refractivity contribution in [3.8, 4) is 0 Å². The summed E-state index contributed by atoms with van der Waals surface area (Å²) in [5.41, 5.74) is 1.76. The summed E-state index contributed by atoms with van der Waals surface area (Å²) in [5.74, 6) is -2.53. The molecule has 1 aromatic carbocycles. The number of hydrogen-bond acceptors (Lipinski definition) is 8. The van der Waals surface area contributed by atoms with Crippen LogP contribution in [0, 0.1) is 17.3 Å². The lowest BCUT2D eigenvalue weighted by molar-refractivity contribution is -0.154. The minimum absolute atomic E-state index is 0.0383. The minimum Gasteiger partial charge on any atom is -0.460 e. The number of imide groups is 1. The molecule has 1 aromatic rings. The van der Waals surface area contributed by atoms with Crippen molar-refractivity contribution < 1.29 is 38.2 Å². The van der Waals surface area contributed by atoms with Gasteiger partial charge in [-0.25, -0.2) is 0 Å². The van der Waals surface area contributed by atoms with Crippen LogP contribution in [-0.2, 0) is 51.3 Å². The molecular formula is C37H55N3O8. The van der Waals surface area contributed by atoms with Crippen LogP contribution in [0.25, 0.3) is 0 Å². The van der Waals surface area contributed by atoms with E-state index in [1.54, 1.807) is 33.8 Å². The number of esters is 1. The second-order valence-corrected chi connectivity index (χ2v) is 13.8. The zero-order chi connectivity index (χ0) is 35.9. The lowest BCUT2D eigenvalue weighted by Gasteiger charge is -2.23. The van der Waals surface area contributed by atoms with Crippen molar-refractivity contribution in [1.29, 1.82) is 0 Å². The number of anilines is 1. The zero-order valence-electron chi connectivity index (χ0n) is 29.8. The molecule has 0 unspecified atom stereocenters. The van der Waals surface area contributed by atoms with Gasteiger partial charge in [0.1, 0.15) is 6.61 Å². The summed E-state index contributed by atoms with van der Waals surface area (Å²) in [6, 6.07) is 4.76. The summed E-state index contributed by atoms with van der Waals surface area (Å²) < 4.78 is 11.2. The molecule has 0 saturated carbocycles. The third-order valence-electron chi connectivity index (χ3n) is 8.00. The molecule has 2 atom stereocenters. The molecule has 0 aromatic heterocycles. The number of carbonyl (C=O) groups is 6. The van der Waals surface area contributed by atoms with Gasteiger partial charge in [0.25, 0.3) is 11.8 Å². The highest BCUT2D eigenvalue weighted by Crippen LogP contribution is 2.23. The van der Waals surface area contributed by atoms with E-state index in [0.29, 0.717) is 51.1 Å². The van der Waals surface area contributed by atoms with Crippen molar-refractivity contribution in [2.45, 2.75) is 112 Å². The number of carbonyl (C=O) groups excluding carboxylic acids is 6. The number of nitrogens with one attached hydrogen (secondary N) is 2. The predicted molar refractivity (Wildman–Crippen MR) is 184 cm³/mol. The van der Waals surface area contributed by atoms with E-state index in [4.69, 9.17) is 9.47 Å². The molecule has 2 rings (SSSR count). The Bertz CT molecular complexity index is 1300. The van der Waals surface area contributed by atoms with Crippen LogP contribution in [0.15, 0.2) is 30.4 Å². The number of Topliss-reactive ketones (excluding diaryl/α,β-unsaturated/α-hetero) is 1. The fraction of sp³-hybridized carbons (Fsp3) is 0.622. The predicted octanol–water partition coefficient (Wildman–Crippen LogP) is 5.30. The quantitative estimate of drug-likeness (QED) is 0.102. The van der Waals surface area contributed by atoms with Crippen LogP contribution >= 0.6 is 0 Å². The Morgan fingerprint density at radius 1 is 0.896 bits per heavy atom. The summed E-state index contributed by atoms with van der Waals surface area (Å²) in [7, 11) is 0. The van der Waals surface area contributed by atoms with E-state index >= 15 is 0 Å². The summed E-state index contributed by atoms with van der Waals surface area (Å²) in [6.07, 6.45) is 6.85. The van der Waals surface area contributed by atoms with Crippen LogP contribution < -0.4 is 10.6 Å². The molecule has 0 saturated heterocycles. The monoisotopic (exact) mass is 669 g/mol. The van der Waals surface area contributed by atoms with Crippen LogP contribution in [-0.4, -0.2) is 66.1 Å². The number of aryl methyl sites for hydroxylation is 1. The number of ether oxygens (including phenoxy) is 2. The number of unbranched alkanes of at least 4 members (excludes halogenated alkanes) is 2. The fourth-order valence-electron chi connectivity index (χ4n) is 5.08. The molecule has 1 heterocycles. The van der Waals surface area contributed by atoms with Crippen molar-refractivity contribution >= 4 is 41.1 Å². The van der Waals surface area contributed by atoms with E-state index in [0.717, 1.165) is 24.0 Å². The van der Waals surface area contributed by atoms with E-state index in [9.17, 15) is 28.8 Å². The summed E-state index contributed by atoms with van der Waals surface area (Å²) >= 11 is 0. The SMILES string of the molecule is CCCOCCCc1cc(NC(=O)[C@H](C)CC(=O)[C@@H](NC(=O)CCCCCN2C(=O)C=CC2=O)C(C)C)ccc1COC(=O)C(C)(C)C. The van der Waals surface area contributed by atoms with Gasteiger partial charge in [-0.15, -0.1) is 0 Å². The van der Waals surface area contributed by atoms with Crippen LogP contribution in [0.3, 0.4) is 0 Å². The second kappa shape index (κ2) is 19.8. The smallest absolute Gasteiger partial charge is 0.311 e. The number of nitrogens with zero attached hydrogens (tertiary/aromatic N) is 1. The lowest BCUT2D eigenvalue weighted by atomic mass is 9.92. The largest absolute Gasteiger partial charge is 0.460 e. The molecule has 4 amide bonds. The summed E-state index contributed by atoms with van der Waals surface area (Å²) in [5, 5.41) is 5.76. The van der Waals surface area contributed by atoms with Crippen molar-refractivity contribution in [3.05, 3.63) is 41.5 Å². The van der Waals surface area contributed by atoms with Crippen molar-refractivity contribution in [1.82, 2.24) is 10.2 Å². The molecule has 11 nitrogen and oxygen atoms in total. The van der Waals surface area contributed by atoms with Gasteiger partial charge >= 0.3 is 5.97 Å². The van der Waals surface area contributed by atoms with Crippen LogP contribution in [0.5, 0.6) is 0 Å².